The number of anilines is 1. The van der Waals surface area contributed by atoms with Gasteiger partial charge in [-0.15, -0.1) is 0 Å². The third-order valence-electron chi connectivity index (χ3n) is 10.7. The van der Waals surface area contributed by atoms with Gasteiger partial charge in [-0.25, -0.2) is 4.98 Å². The molecule has 0 bridgehead atoms. The van der Waals surface area contributed by atoms with Crippen LogP contribution in [0.1, 0.15) is 86.8 Å². The van der Waals surface area contributed by atoms with Crippen molar-refractivity contribution in [1.82, 2.24) is 14.5 Å². The zero-order valence-electron chi connectivity index (χ0n) is 30.1. The highest BCUT2D eigenvalue weighted by atomic mass is 15.4. The van der Waals surface area contributed by atoms with E-state index in [-0.39, 0.29) is 6.17 Å². The molecule has 1 aromatic heterocycles. The molecule has 0 spiro atoms. The van der Waals surface area contributed by atoms with E-state index in [1.807, 2.05) is 0 Å². The number of rotatable bonds is 8. The fourth-order valence-electron chi connectivity index (χ4n) is 8.10. The fraction of sp³-hybridized carbons (Fsp3) is 0.267. The summed E-state index contributed by atoms with van der Waals surface area (Å²) in [6.07, 6.45) is 4.59. The van der Waals surface area contributed by atoms with E-state index in [0.717, 1.165) is 22.4 Å². The van der Waals surface area contributed by atoms with E-state index in [9.17, 15) is 0 Å². The van der Waals surface area contributed by atoms with Crippen LogP contribution < -0.4 is 4.90 Å². The molecule has 4 nitrogen and oxygen atoms in total. The molecule has 0 fully saturated rings. The van der Waals surface area contributed by atoms with Crippen LogP contribution in [0.5, 0.6) is 0 Å². The molecule has 0 N–H and O–H groups in total. The smallest absolute Gasteiger partial charge is 0.146 e. The second-order valence-corrected chi connectivity index (χ2v) is 14.3. The number of imidazole rings is 1. The van der Waals surface area contributed by atoms with Crippen LogP contribution in [0.4, 0.5) is 5.69 Å². The third-order valence-corrected chi connectivity index (χ3v) is 10.7. The Kier molecular flexibility index (Phi) is 8.44. The van der Waals surface area contributed by atoms with Crippen LogP contribution in [0.25, 0.3) is 28.1 Å². The molecule has 0 aliphatic carbocycles. The van der Waals surface area contributed by atoms with Gasteiger partial charge in [0.1, 0.15) is 12.0 Å². The van der Waals surface area contributed by atoms with Gasteiger partial charge >= 0.3 is 0 Å². The van der Waals surface area contributed by atoms with E-state index in [1.54, 1.807) is 0 Å². The summed E-state index contributed by atoms with van der Waals surface area (Å²) in [6, 6.07) is 41.8. The highest BCUT2D eigenvalue weighted by Crippen LogP contribution is 2.46. The Labute approximate surface area is 292 Å². The van der Waals surface area contributed by atoms with E-state index < -0.39 is 5.54 Å². The number of aromatic nitrogens is 2. The number of aryl methyl sites for hydroxylation is 1. The number of fused-ring (bicyclic) bond motifs is 1. The van der Waals surface area contributed by atoms with Crippen molar-refractivity contribution in [2.75, 3.05) is 4.90 Å². The molecular weight excluding hydrogens is 597 g/mol. The molecule has 248 valence electrons. The van der Waals surface area contributed by atoms with E-state index >= 15 is 0 Å². The molecule has 0 radical (unpaired) electrons. The third kappa shape index (κ3) is 5.35. The fourth-order valence-corrected chi connectivity index (χ4v) is 8.10. The van der Waals surface area contributed by atoms with Crippen LogP contribution in [0.3, 0.4) is 0 Å². The normalized spacial score (nSPS) is 15.9. The monoisotopic (exact) mass is 644 g/mol. The number of hydrogen-bond donors (Lipinski definition) is 0. The van der Waals surface area contributed by atoms with Gasteiger partial charge in [-0.3, -0.25) is 4.57 Å². The number of hydrogen-bond acceptors (Lipinski definition) is 3. The van der Waals surface area contributed by atoms with Gasteiger partial charge < -0.3 is 9.80 Å². The Morgan fingerprint density at radius 2 is 1.27 bits per heavy atom. The molecule has 5 aromatic carbocycles. The predicted molar refractivity (Wildman–Crippen MR) is 206 cm³/mol. The summed E-state index contributed by atoms with van der Waals surface area (Å²) in [4.78, 5) is 10.3. The molecule has 2 atom stereocenters. The summed E-state index contributed by atoms with van der Waals surface area (Å²) in [5.41, 5.74) is 13.0. The van der Waals surface area contributed by atoms with E-state index in [2.05, 4.69) is 197 Å². The van der Waals surface area contributed by atoms with E-state index in [0.29, 0.717) is 11.8 Å². The van der Waals surface area contributed by atoms with Crippen LogP contribution in [0.15, 0.2) is 128 Å². The maximum Gasteiger partial charge on any atom is 0.146 e. The molecule has 0 saturated heterocycles. The molecular formula is C45H48N4. The largest absolute Gasteiger partial charge is 0.342 e. The molecule has 1 aliphatic heterocycles. The van der Waals surface area contributed by atoms with Crippen molar-refractivity contribution >= 4 is 16.7 Å². The molecule has 7 rings (SSSR count). The van der Waals surface area contributed by atoms with Gasteiger partial charge in [-0.1, -0.05) is 119 Å². The van der Waals surface area contributed by atoms with Gasteiger partial charge in [0.25, 0.3) is 0 Å². The molecule has 2 heterocycles. The lowest BCUT2D eigenvalue weighted by Crippen LogP contribution is -2.49. The minimum absolute atomic E-state index is 0.0890. The van der Waals surface area contributed by atoms with Gasteiger partial charge in [0.05, 0.1) is 22.3 Å². The maximum atomic E-state index is 5.43. The van der Waals surface area contributed by atoms with Gasteiger partial charge in [0, 0.05) is 23.7 Å². The summed E-state index contributed by atoms with van der Waals surface area (Å²) >= 11 is 0. The van der Waals surface area contributed by atoms with Crippen molar-refractivity contribution in [3.05, 3.63) is 161 Å². The Hall–Kier alpha value is -5.09. The summed E-state index contributed by atoms with van der Waals surface area (Å²) < 4.78 is 2.45. The van der Waals surface area contributed by atoms with Crippen molar-refractivity contribution in [3.8, 4) is 17.1 Å². The molecule has 0 saturated carbocycles. The number of benzene rings is 5. The number of para-hydroxylation sites is 4. The van der Waals surface area contributed by atoms with Crippen LogP contribution in [-0.2, 0) is 5.54 Å². The van der Waals surface area contributed by atoms with Crippen LogP contribution in [0, 0.1) is 13.8 Å². The van der Waals surface area contributed by atoms with Crippen molar-refractivity contribution < 1.29 is 0 Å². The van der Waals surface area contributed by atoms with Gasteiger partial charge in [-0.05, 0) is 97.2 Å². The molecule has 6 aromatic rings. The van der Waals surface area contributed by atoms with Crippen molar-refractivity contribution in [2.45, 2.75) is 78.9 Å². The minimum atomic E-state index is -0.472. The highest BCUT2D eigenvalue weighted by Gasteiger charge is 2.42. The van der Waals surface area contributed by atoms with Crippen molar-refractivity contribution in [3.63, 3.8) is 0 Å². The Bertz CT molecular complexity index is 2130. The lowest BCUT2D eigenvalue weighted by Gasteiger charge is -2.46. The zero-order chi connectivity index (χ0) is 34.4. The standard InChI is InChI=1S/C45H48N4/c1-30(2)36-21-16-22-37(31(3)4)43(36)49-42-27-15-14-26-41(42)46-44(49)38-23-17-25-40(33(38)6)45(8,39-24-13-12-18-32(39)5)48-29-28-47(34(48)7)35-19-10-9-11-20-35/h9-31,34H,1-8H3/t34-,45?/m0/s1. The minimum Gasteiger partial charge on any atom is -0.342 e. The van der Waals surface area contributed by atoms with E-state index in [1.165, 1.54) is 44.8 Å². The first kappa shape index (κ1) is 32.5. The second kappa shape index (κ2) is 12.7. The molecule has 4 heteroatoms. The summed E-state index contributed by atoms with van der Waals surface area (Å²) in [5.74, 6) is 1.70. The highest BCUT2D eigenvalue weighted by molar-refractivity contribution is 5.85. The van der Waals surface area contributed by atoms with Crippen LogP contribution in [0.2, 0.25) is 0 Å². The molecule has 1 aliphatic rings. The first-order chi connectivity index (χ1) is 23.6. The summed E-state index contributed by atoms with van der Waals surface area (Å²) in [5, 5.41) is 0. The zero-order valence-corrected chi connectivity index (χ0v) is 30.1. The number of nitrogens with zero attached hydrogens (tertiary/aromatic N) is 4. The predicted octanol–water partition coefficient (Wildman–Crippen LogP) is 11.5. The first-order valence-corrected chi connectivity index (χ1v) is 17.7. The van der Waals surface area contributed by atoms with Gasteiger partial charge in [-0.2, -0.15) is 0 Å². The lowest BCUT2D eigenvalue weighted by atomic mass is 9.77. The second-order valence-electron chi connectivity index (χ2n) is 14.3. The van der Waals surface area contributed by atoms with E-state index in [4.69, 9.17) is 4.98 Å². The molecule has 1 unspecified atom stereocenters. The van der Waals surface area contributed by atoms with Gasteiger partial charge in [0.15, 0.2) is 0 Å². The van der Waals surface area contributed by atoms with Crippen LogP contribution in [-0.4, -0.2) is 20.6 Å². The average Bonchev–Trinajstić information content (AvgIpc) is 3.69. The molecule has 49 heavy (non-hydrogen) atoms. The summed E-state index contributed by atoms with van der Waals surface area (Å²) in [7, 11) is 0. The summed E-state index contributed by atoms with van der Waals surface area (Å²) in [6.45, 7) is 18.4. The Balaban J connectivity index is 1.48. The lowest BCUT2D eigenvalue weighted by molar-refractivity contribution is 0.172. The quantitative estimate of drug-likeness (QED) is 0.165. The topological polar surface area (TPSA) is 24.3 Å². The van der Waals surface area contributed by atoms with Crippen molar-refractivity contribution in [2.24, 2.45) is 0 Å². The SMILES string of the molecule is Cc1ccccc1C(C)(c1cccc(-c2nc3ccccc3n2-c2c(C(C)C)cccc2C(C)C)c1C)N1C=CN(c2ccccc2)[C@@H]1C. The Morgan fingerprint density at radius 3 is 1.96 bits per heavy atom. The Morgan fingerprint density at radius 1 is 0.653 bits per heavy atom. The maximum absolute atomic E-state index is 5.43. The van der Waals surface area contributed by atoms with Crippen molar-refractivity contribution in [1.29, 1.82) is 0 Å². The molecule has 0 amide bonds. The van der Waals surface area contributed by atoms with Gasteiger partial charge in [0.2, 0.25) is 0 Å². The van der Waals surface area contributed by atoms with Crippen LogP contribution >= 0.6 is 0 Å². The first-order valence-electron chi connectivity index (χ1n) is 17.7. The average molecular weight is 645 g/mol.